The maximum atomic E-state index is 14.4. The lowest BCUT2D eigenvalue weighted by atomic mass is 9.85. The quantitative estimate of drug-likeness (QED) is 0.0930. The highest BCUT2D eigenvalue weighted by atomic mass is 32.1. The molecule has 2 unspecified atom stereocenters. The molecular formula is C56H61N9O8S2. The summed E-state index contributed by atoms with van der Waals surface area (Å²) in [7, 11) is 1.38. The van der Waals surface area contributed by atoms with Gasteiger partial charge in [0.05, 0.1) is 54.0 Å². The van der Waals surface area contributed by atoms with Crippen LogP contribution in [0.3, 0.4) is 0 Å². The van der Waals surface area contributed by atoms with Gasteiger partial charge in [-0.2, -0.15) is 0 Å². The number of esters is 1. The molecule has 0 spiro atoms. The molecule has 2 fully saturated rings. The first-order chi connectivity index (χ1) is 35.8. The predicted molar refractivity (Wildman–Crippen MR) is 288 cm³/mol. The van der Waals surface area contributed by atoms with Crippen molar-refractivity contribution in [1.29, 1.82) is 0 Å². The highest BCUT2D eigenvalue weighted by Crippen LogP contribution is 2.40. The van der Waals surface area contributed by atoms with Gasteiger partial charge in [0, 0.05) is 53.0 Å². The number of aliphatic hydroxyl groups is 1. The average molecular weight is 1050 g/mol. The summed E-state index contributed by atoms with van der Waals surface area (Å²) in [5.41, 5.74) is 9.30. The number of carbonyl (C=O) groups is 4. The van der Waals surface area contributed by atoms with E-state index < -0.39 is 41.5 Å². The Hall–Kier alpha value is -7.22. The fourth-order valence-electron chi connectivity index (χ4n) is 10.3. The standard InChI is InChI=1S/C56H61N9O8S2/c1-29-32(4)75-55-47(29)48(59-42(25-46(67)71-9)51-62-61-33(5)65(51)55)35-14-16-38(17-15-35)63-21-20-41(27-63)72-40-18-19-44-37(22-40)23-45(73-44)53(69)60-50(56(6,7)8)54(70)64-26-39(66)24-43(64)52(68)58-30(2)34-10-12-36(13-11-34)49-31(3)57-28-74-49/h10-19,22-23,28,30,39,41-43,50,66H,20-21,24-27H2,1-9H3,(H,58,68)(H,60,69)/t30?,39-,41-,42+,43+,50?/m1/s1. The summed E-state index contributed by atoms with van der Waals surface area (Å²) in [4.78, 5) is 70.3. The minimum atomic E-state index is -1.05. The summed E-state index contributed by atoms with van der Waals surface area (Å²) >= 11 is 3.24. The Kier molecular flexibility index (Phi) is 14.0. The molecule has 17 nitrogen and oxygen atoms in total. The number of likely N-dealkylation sites (tertiary alicyclic amines) is 1. The van der Waals surface area contributed by atoms with E-state index in [0.29, 0.717) is 29.1 Å². The molecule has 3 N–H and O–H groups in total. The first-order valence-corrected chi connectivity index (χ1v) is 26.9. The summed E-state index contributed by atoms with van der Waals surface area (Å²) in [6.45, 7) is 16.9. The lowest BCUT2D eigenvalue weighted by Crippen LogP contribution is -2.57. The van der Waals surface area contributed by atoms with E-state index in [1.54, 1.807) is 34.8 Å². The normalized spacial score (nSPS) is 19.3. The molecule has 0 saturated carbocycles. The van der Waals surface area contributed by atoms with Crippen LogP contribution in [0.1, 0.15) is 114 Å². The van der Waals surface area contributed by atoms with E-state index >= 15 is 0 Å². The Labute approximate surface area is 443 Å². The number of ether oxygens (including phenoxy) is 2. The first-order valence-electron chi connectivity index (χ1n) is 25.2. The molecule has 7 aromatic rings. The number of nitrogens with zero attached hydrogens (tertiary/aromatic N) is 7. The van der Waals surface area contributed by atoms with Crippen molar-refractivity contribution in [3.05, 3.63) is 129 Å². The number of aromatic nitrogens is 4. The Morgan fingerprint density at radius 3 is 2.39 bits per heavy atom. The first kappa shape index (κ1) is 51.3. The number of methoxy groups -OCH3 is 1. The van der Waals surface area contributed by atoms with Gasteiger partial charge in [-0.3, -0.25) is 28.7 Å². The molecule has 3 aromatic carbocycles. The fourth-order valence-corrected chi connectivity index (χ4v) is 12.3. The molecule has 4 aromatic heterocycles. The zero-order valence-corrected chi connectivity index (χ0v) is 45.1. The van der Waals surface area contributed by atoms with Crippen LogP contribution in [0.2, 0.25) is 0 Å². The number of fused-ring (bicyclic) bond motifs is 4. The van der Waals surface area contributed by atoms with Crippen LogP contribution in [0.25, 0.3) is 26.4 Å². The van der Waals surface area contributed by atoms with Crippen molar-refractivity contribution >= 4 is 68.7 Å². The second-order valence-electron chi connectivity index (χ2n) is 20.8. The number of amides is 3. The number of anilines is 1. The molecule has 3 aliphatic heterocycles. The molecule has 390 valence electrons. The third-order valence-electron chi connectivity index (χ3n) is 14.5. The Morgan fingerprint density at radius 1 is 0.933 bits per heavy atom. The largest absolute Gasteiger partial charge is 0.488 e. The van der Waals surface area contributed by atoms with E-state index in [-0.39, 0.29) is 49.2 Å². The summed E-state index contributed by atoms with van der Waals surface area (Å²) in [5, 5.41) is 27.2. The highest BCUT2D eigenvalue weighted by Gasteiger charge is 2.45. The number of furan rings is 1. The summed E-state index contributed by atoms with van der Waals surface area (Å²) < 4.78 is 19.6. The molecule has 2 saturated heterocycles. The van der Waals surface area contributed by atoms with Crippen LogP contribution in [-0.4, -0.2) is 110 Å². The molecule has 3 amide bonds. The Morgan fingerprint density at radius 2 is 1.68 bits per heavy atom. The van der Waals surface area contributed by atoms with Gasteiger partial charge in [0.2, 0.25) is 11.8 Å². The number of aliphatic imine (C=N–C) groups is 1. The van der Waals surface area contributed by atoms with Crippen molar-refractivity contribution < 1.29 is 38.2 Å². The van der Waals surface area contributed by atoms with Gasteiger partial charge in [0.1, 0.15) is 46.4 Å². The monoisotopic (exact) mass is 1050 g/mol. The Bertz CT molecular complexity index is 3350. The van der Waals surface area contributed by atoms with E-state index in [2.05, 4.69) is 68.8 Å². The molecule has 3 aliphatic rings. The summed E-state index contributed by atoms with van der Waals surface area (Å²) in [6, 6.07) is 20.4. The number of benzene rings is 3. The number of β-amino-alcohol motifs (C(OH)–C–C–N with tert-alkyl or cyclic N) is 1. The van der Waals surface area contributed by atoms with Crippen molar-refractivity contribution in [2.24, 2.45) is 10.4 Å². The number of aryl methyl sites for hydroxylation is 3. The van der Waals surface area contributed by atoms with Gasteiger partial charge < -0.3 is 39.4 Å². The molecule has 0 bridgehead atoms. The second kappa shape index (κ2) is 20.5. The van der Waals surface area contributed by atoms with Crippen molar-refractivity contribution in [3.63, 3.8) is 0 Å². The predicted octanol–water partition coefficient (Wildman–Crippen LogP) is 8.53. The molecule has 0 aliphatic carbocycles. The zero-order valence-electron chi connectivity index (χ0n) is 43.5. The molecule has 75 heavy (non-hydrogen) atoms. The van der Waals surface area contributed by atoms with Crippen LogP contribution in [0.5, 0.6) is 5.75 Å². The molecular weight excluding hydrogens is 991 g/mol. The number of rotatable bonds is 13. The number of aliphatic hydroxyl groups excluding tert-OH is 1. The fraction of sp³-hybridized carbons (Fsp3) is 0.393. The maximum Gasteiger partial charge on any atom is 0.308 e. The average Bonchev–Trinajstić information content (AvgIpc) is 4.28. The highest BCUT2D eigenvalue weighted by molar-refractivity contribution is 7.15. The van der Waals surface area contributed by atoms with Gasteiger partial charge in [0.15, 0.2) is 11.6 Å². The molecule has 7 heterocycles. The molecule has 10 rings (SSSR count). The van der Waals surface area contributed by atoms with E-state index in [4.69, 9.17) is 18.9 Å². The van der Waals surface area contributed by atoms with E-state index in [1.807, 2.05) is 88.0 Å². The molecule has 19 heteroatoms. The lowest BCUT2D eigenvalue weighted by molar-refractivity contribution is -0.142. The number of hydrogen-bond acceptors (Lipinski definition) is 15. The second-order valence-corrected chi connectivity index (χ2v) is 22.9. The number of hydrogen-bond donors (Lipinski definition) is 3. The molecule has 0 radical (unpaired) electrons. The van der Waals surface area contributed by atoms with Crippen LogP contribution in [0.15, 0.2) is 87.7 Å². The molecule has 6 atom stereocenters. The smallest absolute Gasteiger partial charge is 0.308 e. The van der Waals surface area contributed by atoms with Crippen LogP contribution in [-0.2, 0) is 19.1 Å². The van der Waals surface area contributed by atoms with Gasteiger partial charge >= 0.3 is 5.97 Å². The van der Waals surface area contributed by atoms with Gasteiger partial charge in [-0.1, -0.05) is 57.2 Å². The van der Waals surface area contributed by atoms with Gasteiger partial charge in [-0.25, -0.2) is 4.98 Å². The minimum absolute atomic E-state index is 0.0215. The van der Waals surface area contributed by atoms with Gasteiger partial charge in [0.25, 0.3) is 5.91 Å². The van der Waals surface area contributed by atoms with Crippen LogP contribution >= 0.6 is 22.7 Å². The van der Waals surface area contributed by atoms with Crippen molar-refractivity contribution in [2.75, 3.05) is 31.6 Å². The zero-order chi connectivity index (χ0) is 53.0. The third-order valence-corrected chi connectivity index (χ3v) is 16.7. The van der Waals surface area contributed by atoms with E-state index in [9.17, 15) is 24.3 Å². The van der Waals surface area contributed by atoms with Gasteiger partial charge in [-0.15, -0.1) is 32.9 Å². The van der Waals surface area contributed by atoms with Gasteiger partial charge in [-0.05, 0) is 93.1 Å². The van der Waals surface area contributed by atoms with E-state index in [0.717, 1.165) is 73.6 Å². The van der Waals surface area contributed by atoms with Crippen LogP contribution in [0, 0.1) is 33.1 Å². The van der Waals surface area contributed by atoms with Crippen LogP contribution < -0.4 is 20.3 Å². The summed E-state index contributed by atoms with van der Waals surface area (Å²) in [6.07, 6.45) is -0.127. The minimum Gasteiger partial charge on any atom is -0.488 e. The number of carbonyl (C=O) groups excluding carboxylic acids is 4. The lowest BCUT2D eigenvalue weighted by Gasteiger charge is -2.35. The number of nitrogens with one attached hydrogen (secondary N) is 2. The third kappa shape index (κ3) is 10.2. The summed E-state index contributed by atoms with van der Waals surface area (Å²) in [5.74, 6) is 0.167. The van der Waals surface area contributed by atoms with Crippen molar-refractivity contribution in [3.8, 4) is 21.2 Å². The SMILES string of the molecule is COC(=O)C[C@@H]1N=C(c2ccc(N3CC[C@@H](Oc4ccc5oc(C(=O)NC(C(=O)N6C[C@H](O)C[C@H]6C(=O)NC(C)c6ccc(-c7scnc7C)cc6)C(C)(C)C)cc5c4)C3)cc2)c2c(sc(C)c2C)-n2c(C)nnc21. The van der Waals surface area contributed by atoms with Crippen LogP contribution in [0.4, 0.5) is 5.69 Å². The van der Waals surface area contributed by atoms with E-state index in [1.165, 1.54) is 16.9 Å². The van der Waals surface area contributed by atoms with Crippen molar-refractivity contribution in [2.45, 2.75) is 111 Å². The topological polar surface area (TPSA) is 207 Å². The number of thiazole rings is 1. The van der Waals surface area contributed by atoms with Crippen molar-refractivity contribution in [1.82, 2.24) is 35.3 Å². The number of thiophene rings is 1. The Balaban J connectivity index is 0.783. The maximum absolute atomic E-state index is 14.4.